The highest BCUT2D eigenvalue weighted by atomic mass is 31.3. The lowest BCUT2D eigenvalue weighted by molar-refractivity contribution is -0.152. The molecule has 2 aliphatic rings. The van der Waals surface area contributed by atoms with Gasteiger partial charge in [-0.15, -0.1) is 12.3 Å². The third kappa shape index (κ3) is 35.6. The van der Waals surface area contributed by atoms with Crippen LogP contribution < -0.4 is 28.7 Å². The number of anilines is 2. The normalized spacial score (nSPS) is 17.6. The number of aliphatic hydroxyl groups is 3. The summed E-state index contributed by atoms with van der Waals surface area (Å²) in [6, 6.07) is 0. The number of hydrogen-bond acceptors (Lipinski definition) is 36. The zero-order valence-corrected chi connectivity index (χ0v) is 58.3. The minimum absolute atomic E-state index is 0.0374. The Morgan fingerprint density at radius 2 is 1.09 bits per heavy atom. The molecule has 0 spiro atoms. The van der Waals surface area contributed by atoms with E-state index in [0.717, 1.165) is 0 Å². The summed E-state index contributed by atoms with van der Waals surface area (Å²) in [6.07, 6.45) is 6.47. The molecule has 0 aliphatic carbocycles. The van der Waals surface area contributed by atoms with Crippen molar-refractivity contribution in [1.29, 1.82) is 0 Å². The Bertz CT molecular complexity index is 3760. The van der Waals surface area contributed by atoms with E-state index in [0.29, 0.717) is 40.6 Å². The summed E-state index contributed by atoms with van der Waals surface area (Å²) in [6.45, 7) is 2.72. The molecule has 17 N–H and O–H groups in total. The number of nitrogens with zero attached hydrogens (tertiary/aromatic N) is 6. The number of phosphoric ester groups is 1. The molecule has 0 bridgehead atoms. The van der Waals surface area contributed by atoms with Crippen LogP contribution >= 0.6 is 23.5 Å². The molecule has 44 nitrogen and oxygen atoms in total. The summed E-state index contributed by atoms with van der Waals surface area (Å²) in [4.78, 5) is 152. The highest BCUT2D eigenvalue weighted by Gasteiger charge is 2.43. The number of ketones is 2. The quantitative estimate of drug-likeness (QED) is 0.00810. The number of nitrogens with two attached hydrogens (primary N) is 4. The zero-order valence-electron chi connectivity index (χ0n) is 55.6. The van der Waals surface area contributed by atoms with Gasteiger partial charge in [-0.3, -0.25) is 33.4 Å². The van der Waals surface area contributed by atoms with Crippen LogP contribution in [0, 0.1) is 36.0 Å². The van der Waals surface area contributed by atoms with Crippen LogP contribution in [0.15, 0.2) is 25.0 Å². The number of nitrogen functional groups attached to an aromatic ring is 2. The molecule has 0 saturated carbocycles. The molecule has 4 aromatic rings. The maximum atomic E-state index is 12.0. The summed E-state index contributed by atoms with van der Waals surface area (Å²) in [5.41, 5.74) is 15.8. The molecule has 103 heavy (non-hydrogen) atoms. The molecule has 8 atom stereocenters. The fourth-order valence-corrected chi connectivity index (χ4v) is 11.0. The number of rotatable bonds is 34. The van der Waals surface area contributed by atoms with Crippen molar-refractivity contribution >= 4 is 104 Å². The number of carboxylic acids is 1. The number of hydrogen-bond donors (Lipinski definition) is 13. The van der Waals surface area contributed by atoms with Crippen molar-refractivity contribution < 1.29 is 158 Å². The lowest BCUT2D eigenvalue weighted by Crippen LogP contribution is -2.26. The number of aliphatic carboxylic acids is 1. The maximum absolute atomic E-state index is 12.0. The van der Waals surface area contributed by atoms with E-state index in [4.69, 9.17) is 61.2 Å². The van der Waals surface area contributed by atoms with Crippen LogP contribution in [0.5, 0.6) is 0 Å². The molecule has 8 unspecified atom stereocenters. The summed E-state index contributed by atoms with van der Waals surface area (Å²) in [5.74, 6) is 19.2. The number of methoxy groups -OCH3 is 1. The van der Waals surface area contributed by atoms with Gasteiger partial charge in [0, 0.05) is 63.8 Å². The molecule has 1 amide bonds. The second-order valence-electron chi connectivity index (χ2n) is 19.9. The predicted octanol–water partition coefficient (Wildman–Crippen LogP) is -1.76. The number of fused-ring (bicyclic) bond motifs is 2. The number of Topliss-reactive ketones (excluding diaryl/α,β-unsaturated/α-hetero) is 2. The molecule has 47 heteroatoms. The minimum Gasteiger partial charge on any atom is -0.479 e. The van der Waals surface area contributed by atoms with Gasteiger partial charge in [-0.1, -0.05) is 23.7 Å². The molecule has 572 valence electrons. The van der Waals surface area contributed by atoms with Crippen LogP contribution in [0.3, 0.4) is 0 Å². The first kappa shape index (κ1) is 90.7. The Hall–Kier alpha value is -8.39. The highest BCUT2D eigenvalue weighted by molar-refractivity contribution is 7.66. The van der Waals surface area contributed by atoms with E-state index in [1.807, 2.05) is 5.48 Å². The molecular weight excluding hydrogens is 1450 g/mol. The van der Waals surface area contributed by atoms with E-state index >= 15 is 0 Å². The number of ether oxygens (including phenoxy) is 8. The first-order chi connectivity index (χ1) is 48.7. The molecule has 0 radical (unpaired) electrons. The average molecular weight is 1530 g/mol. The number of amides is 1. The number of carboxylic acid groups (broad SMARTS) is 1. The van der Waals surface area contributed by atoms with Crippen molar-refractivity contribution in [3.05, 3.63) is 36.2 Å². The summed E-state index contributed by atoms with van der Waals surface area (Å²) >= 11 is 0. The molecule has 6 heterocycles. The van der Waals surface area contributed by atoms with Crippen molar-refractivity contribution in [2.75, 3.05) is 97.9 Å². The zero-order chi connectivity index (χ0) is 77.3. The second-order valence-corrected chi connectivity index (χ2v) is 24.4. The number of terminal acetylenes is 1. The Labute approximate surface area is 585 Å². The van der Waals surface area contributed by atoms with Gasteiger partial charge in [0.1, 0.15) is 86.7 Å². The van der Waals surface area contributed by atoms with Gasteiger partial charge >= 0.3 is 53.3 Å². The van der Waals surface area contributed by atoms with Crippen molar-refractivity contribution in [1.82, 2.24) is 34.6 Å². The monoisotopic (exact) mass is 1530 g/mol. The van der Waals surface area contributed by atoms with Crippen LogP contribution in [-0.2, 0) is 118 Å². The van der Waals surface area contributed by atoms with Crippen LogP contribution in [0.1, 0.15) is 95.7 Å². The van der Waals surface area contributed by atoms with Crippen molar-refractivity contribution in [2.24, 2.45) is 11.8 Å². The van der Waals surface area contributed by atoms with E-state index in [-0.39, 0.29) is 139 Å². The number of hydroxylamine groups is 1. The van der Waals surface area contributed by atoms with Crippen LogP contribution in [0.2, 0.25) is 0 Å². The third-order valence-corrected chi connectivity index (χ3v) is 16.0. The number of carbonyl (C=O) groups excluding carboxylic acids is 7. The predicted molar refractivity (Wildman–Crippen MR) is 346 cm³/mol. The molecule has 2 fully saturated rings. The third-order valence-electron chi connectivity index (χ3n) is 12.2. The van der Waals surface area contributed by atoms with E-state index < -0.39 is 103 Å². The topological polar surface area (TPSA) is 656 Å². The molecule has 0 aromatic carbocycles. The Kier molecular flexibility index (Phi) is 42.1. The number of phosphoric acid groups is 3. The van der Waals surface area contributed by atoms with Gasteiger partial charge in [-0.2, -0.15) is 8.62 Å². The average Bonchev–Trinajstić information content (AvgIpc) is 1.62. The first-order valence-corrected chi connectivity index (χ1v) is 34.4. The van der Waals surface area contributed by atoms with Gasteiger partial charge in [0.05, 0.1) is 74.3 Å². The smallest absolute Gasteiger partial charge is 0.479 e. The number of esters is 4. The molecular formula is C56H80N11O33P3. The van der Waals surface area contributed by atoms with Gasteiger partial charge in [-0.25, -0.2) is 74.9 Å². The van der Waals surface area contributed by atoms with Gasteiger partial charge in [-0.05, 0) is 20.8 Å². The lowest BCUT2D eigenvalue weighted by Gasteiger charge is -2.19. The van der Waals surface area contributed by atoms with Gasteiger partial charge in [0.15, 0.2) is 31.4 Å². The molecule has 4 aromatic heterocycles. The van der Waals surface area contributed by atoms with Gasteiger partial charge < -0.3 is 98.5 Å². The maximum Gasteiger partial charge on any atom is 0.490 e. The van der Waals surface area contributed by atoms with Crippen LogP contribution in [-0.4, -0.2) is 227 Å². The Morgan fingerprint density at radius 1 is 0.631 bits per heavy atom. The Balaban J connectivity index is 0.000000526. The highest BCUT2D eigenvalue weighted by Crippen LogP contribution is 2.66. The summed E-state index contributed by atoms with van der Waals surface area (Å²) in [5, 5.41) is 38.5. The van der Waals surface area contributed by atoms with Gasteiger partial charge in [0.25, 0.3) is 0 Å². The van der Waals surface area contributed by atoms with Crippen molar-refractivity contribution in [3.63, 3.8) is 0 Å². The van der Waals surface area contributed by atoms with Crippen molar-refractivity contribution in [3.8, 4) is 36.0 Å². The van der Waals surface area contributed by atoms with Crippen molar-refractivity contribution in [2.45, 2.75) is 109 Å². The number of carbonyl (C=O) groups is 8. The van der Waals surface area contributed by atoms with E-state index in [1.165, 1.54) is 30.5 Å². The molecule has 2 saturated heterocycles. The largest absolute Gasteiger partial charge is 0.490 e. The van der Waals surface area contributed by atoms with E-state index in [2.05, 4.69) is 98.5 Å². The first-order valence-electron chi connectivity index (χ1n) is 29.9. The Morgan fingerprint density at radius 3 is 1.49 bits per heavy atom. The SMILES string of the molecule is C#CCCC(=O)NOCC(=O)OC.CCOC(=O)COCC(=O)CCC#Cc1cn(C2CC(O)C(CO)O2)c2ncnc(N)c12.CCOC(=O)COCC(=O)CCC#Cc1cn(C2CC(O)C(COP(=O)(O)OP(=O)(O)OP(=O)(O)O)O2)c2ncnc(N)c12.CCOC(=O)CON.NOCC(=O)O. The van der Waals surface area contributed by atoms with Gasteiger partial charge in [0.2, 0.25) is 5.91 Å². The molecule has 2 aliphatic heterocycles. The second kappa shape index (κ2) is 47.8. The lowest BCUT2D eigenvalue weighted by atomic mass is 10.2. The number of aromatic nitrogens is 6. The van der Waals surface area contributed by atoms with E-state index in [1.54, 1.807) is 31.5 Å². The van der Waals surface area contributed by atoms with Crippen LogP contribution in [0.25, 0.3) is 22.1 Å². The summed E-state index contributed by atoms with van der Waals surface area (Å²) < 4.78 is 89.0. The van der Waals surface area contributed by atoms with Crippen LogP contribution in [0.4, 0.5) is 11.6 Å². The number of nitrogens with one attached hydrogen (secondary N) is 1. The standard InChI is InChI=1S/C21H29N4O16P3.C21H26N4O7.C8H11NO4.C4H9NO3.C2H5NO3/c1-2-37-18(28)11-36-9-14(26)6-4-3-5-13-8-25(21-19(13)20(22)23-12-24-21)17-7-15(27)16(39-17)10-38-43(32,33)41-44(34,35)40-42(29,30)31;1-2-31-18(29)11-30-10-14(27)6-4-3-5-13-8-25(17-7-15(28)16(9-26)32-17)21-19(13)20(22)23-12-24-21;1-3-4-5-7(10)9-13-6-8(11)12-2;1-2-7-4(6)3-8-5;3-6-1-2(4)5/h8,12,15-17,27H,2,4,6-7,9-11H2,1H3,(H,32,33)(H,34,35)(H2,22,23,24)(H2,29,30,31);8,12,15-17,26,28H,2,4,6-7,9-11H2,1H3,(H2,22,23,24);1H,4-6H2,2H3,(H,9,10);2-3,5H2,1H3;1,3H2,(H,4,5). The fourth-order valence-electron chi connectivity index (χ4n) is 7.98. The molecule has 6 rings (SSSR count). The fraction of sp³-hybridized carbons (Fsp3) is 0.536. The van der Waals surface area contributed by atoms with E-state index in [9.17, 15) is 77.2 Å². The number of aliphatic hydroxyl groups excluding tert-OH is 3. The summed E-state index contributed by atoms with van der Waals surface area (Å²) in [7, 11) is -15.5. The minimum atomic E-state index is -5.72.